The van der Waals surface area contributed by atoms with E-state index < -0.39 is 5.97 Å². The van der Waals surface area contributed by atoms with Crippen molar-refractivity contribution in [1.82, 2.24) is 10.1 Å². The van der Waals surface area contributed by atoms with Gasteiger partial charge in [0, 0.05) is 12.0 Å². The van der Waals surface area contributed by atoms with Gasteiger partial charge in [-0.05, 0) is 18.6 Å². The quantitative estimate of drug-likeness (QED) is 0.875. The number of aryl methyl sites for hydroxylation is 1. The van der Waals surface area contributed by atoms with Crippen LogP contribution < -0.4 is 0 Å². The van der Waals surface area contributed by atoms with Crippen molar-refractivity contribution >= 4 is 5.97 Å². The van der Waals surface area contributed by atoms with Crippen molar-refractivity contribution in [2.24, 2.45) is 0 Å². The normalized spacial score (nSPS) is 10.4. The van der Waals surface area contributed by atoms with Gasteiger partial charge >= 0.3 is 5.97 Å². The van der Waals surface area contributed by atoms with Crippen molar-refractivity contribution in [2.45, 2.75) is 19.8 Å². The molecule has 1 aromatic carbocycles. The summed E-state index contributed by atoms with van der Waals surface area (Å²) in [5.41, 5.74) is 0.993. The fourth-order valence-electron chi connectivity index (χ4n) is 1.45. The lowest BCUT2D eigenvalue weighted by atomic mass is 10.1. The van der Waals surface area contributed by atoms with Crippen molar-refractivity contribution in [2.75, 3.05) is 0 Å². The number of carboxylic acid groups (broad SMARTS) is 1. The third-order valence-electron chi connectivity index (χ3n) is 2.32. The molecule has 1 aromatic heterocycles. The van der Waals surface area contributed by atoms with E-state index in [0.717, 1.165) is 18.4 Å². The maximum atomic E-state index is 10.7. The Kier molecular flexibility index (Phi) is 3.18. The number of carbonyl (C=O) groups is 1. The standard InChI is InChI=1S/C12H12N2O3/c1-2-3-10-13-11(14-17-10)8-4-6-9(7-5-8)12(15)16/h4-7H,2-3H2,1H3,(H,15,16). The predicted octanol–water partition coefficient (Wildman–Crippen LogP) is 2.39. The Balaban J connectivity index is 2.23. The molecule has 0 fully saturated rings. The molecule has 0 aliphatic carbocycles. The molecule has 88 valence electrons. The molecule has 5 nitrogen and oxygen atoms in total. The highest BCUT2D eigenvalue weighted by Crippen LogP contribution is 2.17. The summed E-state index contributed by atoms with van der Waals surface area (Å²) in [6.45, 7) is 2.03. The van der Waals surface area contributed by atoms with Gasteiger partial charge in [-0.1, -0.05) is 24.2 Å². The van der Waals surface area contributed by atoms with Crippen LogP contribution in [0.25, 0.3) is 11.4 Å². The van der Waals surface area contributed by atoms with Crippen molar-refractivity contribution < 1.29 is 14.4 Å². The smallest absolute Gasteiger partial charge is 0.335 e. The molecule has 2 aromatic rings. The first-order chi connectivity index (χ1) is 8.20. The van der Waals surface area contributed by atoms with Gasteiger partial charge < -0.3 is 9.63 Å². The molecule has 0 radical (unpaired) electrons. The number of hydrogen-bond donors (Lipinski definition) is 1. The number of rotatable bonds is 4. The zero-order valence-electron chi connectivity index (χ0n) is 9.38. The SMILES string of the molecule is CCCc1nc(-c2ccc(C(=O)O)cc2)no1. The van der Waals surface area contributed by atoms with Gasteiger partial charge in [0.05, 0.1) is 5.56 Å². The monoisotopic (exact) mass is 232 g/mol. The summed E-state index contributed by atoms with van der Waals surface area (Å²) in [7, 11) is 0. The largest absolute Gasteiger partial charge is 0.478 e. The van der Waals surface area contributed by atoms with Crippen molar-refractivity contribution in [3.63, 3.8) is 0 Å². The minimum Gasteiger partial charge on any atom is -0.478 e. The van der Waals surface area contributed by atoms with Crippen molar-refractivity contribution in [1.29, 1.82) is 0 Å². The second-order valence-corrected chi connectivity index (χ2v) is 3.64. The predicted molar refractivity (Wildman–Crippen MR) is 60.7 cm³/mol. The molecule has 0 atom stereocenters. The van der Waals surface area contributed by atoms with Crippen LogP contribution in [0.4, 0.5) is 0 Å². The second-order valence-electron chi connectivity index (χ2n) is 3.64. The Morgan fingerprint density at radius 2 is 2.06 bits per heavy atom. The highest BCUT2D eigenvalue weighted by molar-refractivity contribution is 5.88. The van der Waals surface area contributed by atoms with Gasteiger partial charge in [-0.25, -0.2) is 4.79 Å². The van der Waals surface area contributed by atoms with E-state index in [-0.39, 0.29) is 5.56 Å². The van der Waals surface area contributed by atoms with E-state index in [0.29, 0.717) is 11.7 Å². The minimum absolute atomic E-state index is 0.242. The van der Waals surface area contributed by atoms with Crippen molar-refractivity contribution in [3.8, 4) is 11.4 Å². The molecule has 0 spiro atoms. The summed E-state index contributed by atoms with van der Waals surface area (Å²) in [5.74, 6) is 0.145. The number of nitrogens with zero attached hydrogens (tertiary/aromatic N) is 2. The molecular formula is C12H12N2O3. The Morgan fingerprint density at radius 3 is 2.65 bits per heavy atom. The molecule has 2 rings (SSSR count). The van der Waals surface area contributed by atoms with Gasteiger partial charge in [-0.2, -0.15) is 4.98 Å². The van der Waals surface area contributed by atoms with Crippen LogP contribution in [-0.4, -0.2) is 21.2 Å². The maximum Gasteiger partial charge on any atom is 0.335 e. The topological polar surface area (TPSA) is 76.2 Å². The zero-order valence-corrected chi connectivity index (χ0v) is 9.38. The van der Waals surface area contributed by atoms with Gasteiger partial charge in [0.25, 0.3) is 0 Å². The lowest BCUT2D eigenvalue weighted by Gasteiger charge is -1.95. The Bertz CT molecular complexity index is 517. The third-order valence-corrected chi connectivity index (χ3v) is 2.32. The minimum atomic E-state index is -0.948. The fraction of sp³-hybridized carbons (Fsp3) is 0.250. The average molecular weight is 232 g/mol. The van der Waals surface area contributed by atoms with Gasteiger partial charge in [-0.15, -0.1) is 0 Å². The van der Waals surface area contributed by atoms with Gasteiger partial charge in [-0.3, -0.25) is 0 Å². The number of aromatic carboxylic acids is 1. The maximum absolute atomic E-state index is 10.7. The molecule has 17 heavy (non-hydrogen) atoms. The van der Waals surface area contributed by atoms with Crippen LogP contribution in [0.5, 0.6) is 0 Å². The zero-order chi connectivity index (χ0) is 12.3. The Labute approximate surface area is 98.1 Å². The molecular weight excluding hydrogens is 220 g/mol. The molecule has 0 unspecified atom stereocenters. The Hall–Kier alpha value is -2.17. The summed E-state index contributed by atoms with van der Waals surface area (Å²) < 4.78 is 5.06. The average Bonchev–Trinajstić information content (AvgIpc) is 2.78. The van der Waals surface area contributed by atoms with Gasteiger partial charge in [0.2, 0.25) is 11.7 Å². The van der Waals surface area contributed by atoms with Gasteiger partial charge in [0.1, 0.15) is 0 Å². The fourth-order valence-corrected chi connectivity index (χ4v) is 1.45. The van der Waals surface area contributed by atoms with E-state index in [1.165, 1.54) is 12.1 Å². The third kappa shape index (κ3) is 2.50. The molecule has 0 saturated carbocycles. The summed E-state index contributed by atoms with van der Waals surface area (Å²) in [6.07, 6.45) is 1.69. The van der Waals surface area contributed by atoms with Crippen LogP contribution in [0.3, 0.4) is 0 Å². The number of benzene rings is 1. The van der Waals surface area contributed by atoms with E-state index >= 15 is 0 Å². The van der Waals surface area contributed by atoms with Crippen LogP contribution in [0.15, 0.2) is 28.8 Å². The highest BCUT2D eigenvalue weighted by atomic mass is 16.5. The van der Waals surface area contributed by atoms with Crippen LogP contribution in [0.1, 0.15) is 29.6 Å². The van der Waals surface area contributed by atoms with Crippen LogP contribution in [0.2, 0.25) is 0 Å². The van der Waals surface area contributed by atoms with Crippen LogP contribution >= 0.6 is 0 Å². The number of hydrogen-bond acceptors (Lipinski definition) is 4. The van der Waals surface area contributed by atoms with Crippen LogP contribution in [0, 0.1) is 0 Å². The molecule has 0 bridgehead atoms. The van der Waals surface area contributed by atoms with E-state index in [2.05, 4.69) is 10.1 Å². The molecule has 0 aliphatic rings. The molecule has 0 amide bonds. The summed E-state index contributed by atoms with van der Waals surface area (Å²) in [6, 6.07) is 6.38. The Morgan fingerprint density at radius 1 is 1.35 bits per heavy atom. The van der Waals surface area contributed by atoms with E-state index in [4.69, 9.17) is 9.63 Å². The second kappa shape index (κ2) is 4.78. The highest BCUT2D eigenvalue weighted by Gasteiger charge is 2.09. The van der Waals surface area contributed by atoms with E-state index in [1.807, 2.05) is 6.92 Å². The summed E-state index contributed by atoms with van der Waals surface area (Å²) in [5, 5.41) is 12.6. The molecule has 5 heteroatoms. The van der Waals surface area contributed by atoms with Gasteiger partial charge in [0.15, 0.2) is 0 Å². The van der Waals surface area contributed by atoms with E-state index in [9.17, 15) is 4.79 Å². The number of aromatic nitrogens is 2. The van der Waals surface area contributed by atoms with E-state index in [1.54, 1.807) is 12.1 Å². The molecule has 0 aliphatic heterocycles. The molecule has 0 saturated heterocycles. The summed E-state index contributed by atoms with van der Waals surface area (Å²) in [4.78, 5) is 14.9. The lowest BCUT2D eigenvalue weighted by Crippen LogP contribution is -1.95. The van der Waals surface area contributed by atoms with Crippen LogP contribution in [-0.2, 0) is 6.42 Å². The molecule has 1 heterocycles. The van der Waals surface area contributed by atoms with Crippen molar-refractivity contribution in [3.05, 3.63) is 35.7 Å². The lowest BCUT2D eigenvalue weighted by molar-refractivity contribution is 0.0697. The summed E-state index contributed by atoms with van der Waals surface area (Å²) >= 11 is 0. The first-order valence-corrected chi connectivity index (χ1v) is 5.37. The first-order valence-electron chi connectivity index (χ1n) is 5.37. The first kappa shape index (κ1) is 11.3. The molecule has 1 N–H and O–H groups in total. The number of carboxylic acids is 1.